The third-order valence-corrected chi connectivity index (χ3v) is 3.50. The van der Waals surface area contributed by atoms with Gasteiger partial charge in [0.05, 0.1) is 18.2 Å². The summed E-state index contributed by atoms with van der Waals surface area (Å²) in [6.07, 6.45) is 0. The van der Waals surface area contributed by atoms with Crippen LogP contribution in [0.3, 0.4) is 0 Å². The van der Waals surface area contributed by atoms with Gasteiger partial charge in [0.1, 0.15) is 16.6 Å². The molecular weight excluding hydrogens is 311 g/mol. The third-order valence-electron chi connectivity index (χ3n) is 2.98. The minimum atomic E-state index is -0.388. The normalized spacial score (nSPS) is 11.8. The van der Waals surface area contributed by atoms with E-state index in [2.05, 4.69) is 10.3 Å². The predicted octanol–water partition coefficient (Wildman–Crippen LogP) is 3.89. The molecule has 1 N–H and O–H groups in total. The van der Waals surface area contributed by atoms with Crippen LogP contribution >= 0.6 is 23.2 Å². The zero-order valence-electron chi connectivity index (χ0n) is 11.6. The smallest absolute Gasteiger partial charge is 0.271 e. The van der Waals surface area contributed by atoms with Gasteiger partial charge in [-0.25, -0.2) is 4.98 Å². The van der Waals surface area contributed by atoms with Crippen molar-refractivity contribution in [3.05, 3.63) is 57.8 Å². The van der Waals surface area contributed by atoms with Crippen LogP contribution in [0.5, 0.6) is 5.75 Å². The van der Waals surface area contributed by atoms with E-state index in [0.29, 0.717) is 5.75 Å². The summed E-state index contributed by atoms with van der Waals surface area (Å²) in [5, 5.41) is 3.30. The van der Waals surface area contributed by atoms with E-state index in [9.17, 15) is 4.79 Å². The molecule has 110 valence electrons. The minimum absolute atomic E-state index is 0.103. The van der Waals surface area contributed by atoms with Gasteiger partial charge in [0.2, 0.25) is 0 Å². The maximum absolute atomic E-state index is 12.2. The molecule has 0 bridgehead atoms. The van der Waals surface area contributed by atoms with Gasteiger partial charge in [0.25, 0.3) is 5.91 Å². The fraction of sp³-hybridized carbons (Fsp3) is 0.200. The molecule has 1 aromatic heterocycles. The average Bonchev–Trinajstić information content (AvgIpc) is 2.49. The van der Waals surface area contributed by atoms with E-state index in [1.807, 2.05) is 31.2 Å². The van der Waals surface area contributed by atoms with Crippen molar-refractivity contribution in [2.45, 2.75) is 13.0 Å². The number of halogens is 2. The molecule has 1 atom stereocenters. The molecular formula is C15H14Cl2N2O2. The van der Waals surface area contributed by atoms with Crippen molar-refractivity contribution in [3.63, 3.8) is 0 Å². The SMILES string of the molecule is COc1ccccc1C(C)NC(=O)c1nc(Cl)ccc1Cl. The summed E-state index contributed by atoms with van der Waals surface area (Å²) in [5.41, 5.74) is 0.970. The number of pyridine rings is 1. The third kappa shape index (κ3) is 3.65. The van der Waals surface area contributed by atoms with Gasteiger partial charge >= 0.3 is 0 Å². The quantitative estimate of drug-likeness (QED) is 0.868. The maximum Gasteiger partial charge on any atom is 0.271 e. The van der Waals surface area contributed by atoms with Gasteiger partial charge in [-0.05, 0) is 25.1 Å². The molecule has 2 aromatic rings. The fourth-order valence-electron chi connectivity index (χ4n) is 1.94. The number of benzene rings is 1. The van der Waals surface area contributed by atoms with Crippen molar-refractivity contribution in [2.24, 2.45) is 0 Å². The van der Waals surface area contributed by atoms with Crippen LogP contribution in [0.25, 0.3) is 0 Å². The first-order valence-electron chi connectivity index (χ1n) is 6.28. The van der Waals surface area contributed by atoms with Crippen molar-refractivity contribution in [2.75, 3.05) is 7.11 Å². The monoisotopic (exact) mass is 324 g/mol. The molecule has 0 fully saturated rings. The molecule has 0 saturated heterocycles. The molecule has 0 aliphatic carbocycles. The van der Waals surface area contributed by atoms with Gasteiger partial charge in [-0.1, -0.05) is 41.4 Å². The number of para-hydroxylation sites is 1. The Hall–Kier alpha value is -1.78. The van der Waals surface area contributed by atoms with E-state index in [1.165, 1.54) is 6.07 Å². The number of methoxy groups -OCH3 is 1. The Balaban J connectivity index is 2.21. The molecule has 4 nitrogen and oxygen atoms in total. The van der Waals surface area contributed by atoms with Gasteiger partial charge < -0.3 is 10.1 Å². The Morgan fingerprint density at radius 2 is 1.95 bits per heavy atom. The summed E-state index contributed by atoms with van der Waals surface area (Å²) in [7, 11) is 1.59. The first kappa shape index (κ1) is 15.6. The van der Waals surface area contributed by atoms with Crippen molar-refractivity contribution in [3.8, 4) is 5.75 Å². The zero-order valence-corrected chi connectivity index (χ0v) is 13.1. The zero-order chi connectivity index (χ0) is 15.4. The van der Waals surface area contributed by atoms with E-state index < -0.39 is 0 Å². The van der Waals surface area contributed by atoms with Crippen LogP contribution in [0, 0.1) is 0 Å². The lowest BCUT2D eigenvalue weighted by molar-refractivity contribution is 0.0934. The summed E-state index contributed by atoms with van der Waals surface area (Å²) in [6.45, 7) is 1.86. The first-order valence-corrected chi connectivity index (χ1v) is 7.04. The molecule has 2 rings (SSSR count). The summed E-state index contributed by atoms with van der Waals surface area (Å²) >= 11 is 11.8. The number of aromatic nitrogens is 1. The standard InChI is InChI=1S/C15H14Cl2N2O2/c1-9(10-5-3-4-6-12(10)21-2)18-15(20)14-11(16)7-8-13(17)19-14/h3-9H,1-2H3,(H,18,20). The van der Waals surface area contributed by atoms with Crippen LogP contribution in [-0.2, 0) is 0 Å². The van der Waals surface area contributed by atoms with Gasteiger partial charge in [-0.3, -0.25) is 4.79 Å². The molecule has 1 amide bonds. The molecule has 1 heterocycles. The molecule has 0 aliphatic heterocycles. The number of rotatable bonds is 4. The highest BCUT2D eigenvalue weighted by atomic mass is 35.5. The number of hydrogen-bond acceptors (Lipinski definition) is 3. The molecule has 0 radical (unpaired) electrons. The van der Waals surface area contributed by atoms with Crippen LogP contribution in [0.4, 0.5) is 0 Å². The molecule has 0 aliphatic rings. The second kappa shape index (κ2) is 6.78. The van der Waals surface area contributed by atoms with Crippen molar-refractivity contribution >= 4 is 29.1 Å². The Bertz CT molecular complexity index is 662. The van der Waals surface area contributed by atoms with Crippen LogP contribution in [0.15, 0.2) is 36.4 Å². The highest BCUT2D eigenvalue weighted by Crippen LogP contribution is 2.25. The van der Waals surface area contributed by atoms with Gasteiger partial charge in [-0.15, -0.1) is 0 Å². The van der Waals surface area contributed by atoms with Gasteiger partial charge in [0, 0.05) is 5.56 Å². The lowest BCUT2D eigenvalue weighted by Gasteiger charge is -2.17. The van der Waals surface area contributed by atoms with E-state index in [1.54, 1.807) is 13.2 Å². The predicted molar refractivity (Wildman–Crippen MR) is 83.1 cm³/mol. The van der Waals surface area contributed by atoms with E-state index in [4.69, 9.17) is 27.9 Å². The minimum Gasteiger partial charge on any atom is -0.496 e. The fourth-order valence-corrected chi connectivity index (χ4v) is 2.28. The lowest BCUT2D eigenvalue weighted by atomic mass is 10.1. The van der Waals surface area contributed by atoms with Crippen LogP contribution in [0.1, 0.15) is 29.0 Å². The Kier molecular flexibility index (Phi) is 5.04. The van der Waals surface area contributed by atoms with E-state index in [0.717, 1.165) is 5.56 Å². The van der Waals surface area contributed by atoms with Crippen LogP contribution < -0.4 is 10.1 Å². The first-order chi connectivity index (χ1) is 10.0. The number of carbonyl (C=O) groups is 1. The Labute approximate surface area is 133 Å². The average molecular weight is 325 g/mol. The number of ether oxygens (including phenoxy) is 1. The lowest BCUT2D eigenvalue weighted by Crippen LogP contribution is -2.28. The second-order valence-corrected chi connectivity index (χ2v) is 5.20. The van der Waals surface area contributed by atoms with E-state index >= 15 is 0 Å². The van der Waals surface area contributed by atoms with Crippen molar-refractivity contribution < 1.29 is 9.53 Å². The Morgan fingerprint density at radius 3 is 2.67 bits per heavy atom. The number of nitrogens with zero attached hydrogens (tertiary/aromatic N) is 1. The molecule has 0 spiro atoms. The van der Waals surface area contributed by atoms with Crippen LogP contribution in [0.2, 0.25) is 10.2 Å². The molecule has 1 unspecified atom stereocenters. The molecule has 21 heavy (non-hydrogen) atoms. The largest absolute Gasteiger partial charge is 0.496 e. The summed E-state index contributed by atoms with van der Waals surface area (Å²) in [6, 6.07) is 10.3. The summed E-state index contributed by atoms with van der Waals surface area (Å²) < 4.78 is 5.28. The highest BCUT2D eigenvalue weighted by Gasteiger charge is 2.18. The molecule has 0 saturated carbocycles. The number of nitrogens with one attached hydrogen (secondary N) is 1. The summed E-state index contributed by atoms with van der Waals surface area (Å²) in [4.78, 5) is 16.2. The van der Waals surface area contributed by atoms with Gasteiger partial charge in [-0.2, -0.15) is 0 Å². The number of amides is 1. The highest BCUT2D eigenvalue weighted by molar-refractivity contribution is 6.34. The van der Waals surface area contributed by atoms with Crippen LogP contribution in [-0.4, -0.2) is 18.0 Å². The van der Waals surface area contributed by atoms with Crippen molar-refractivity contribution in [1.29, 1.82) is 0 Å². The van der Waals surface area contributed by atoms with Gasteiger partial charge in [0.15, 0.2) is 0 Å². The van der Waals surface area contributed by atoms with E-state index in [-0.39, 0.29) is 27.8 Å². The topological polar surface area (TPSA) is 51.2 Å². The Morgan fingerprint density at radius 1 is 1.24 bits per heavy atom. The second-order valence-electron chi connectivity index (χ2n) is 4.40. The number of hydrogen-bond donors (Lipinski definition) is 1. The number of carbonyl (C=O) groups excluding carboxylic acids is 1. The van der Waals surface area contributed by atoms with Crippen molar-refractivity contribution in [1.82, 2.24) is 10.3 Å². The maximum atomic E-state index is 12.2. The summed E-state index contributed by atoms with van der Waals surface area (Å²) in [5.74, 6) is 0.316. The molecule has 6 heteroatoms. The molecule has 1 aromatic carbocycles.